The summed E-state index contributed by atoms with van der Waals surface area (Å²) in [6.07, 6.45) is -0.0563. The molecule has 0 bridgehead atoms. The lowest BCUT2D eigenvalue weighted by molar-refractivity contribution is -0.0805. The maximum Gasteiger partial charge on any atom is 0.178 e. The average molecular weight is 183 g/mol. The Kier molecular flexibility index (Phi) is 2.06. The number of anilines is 1. The zero-order valence-corrected chi connectivity index (χ0v) is 7.00. The molecule has 3 nitrogen and oxygen atoms in total. The van der Waals surface area contributed by atoms with Crippen molar-refractivity contribution in [3.8, 4) is 5.75 Å². The van der Waals surface area contributed by atoms with Gasteiger partial charge in [0.1, 0.15) is 6.10 Å². The third-order valence-electron chi connectivity index (χ3n) is 1.89. The molecule has 0 spiro atoms. The second-order valence-electron chi connectivity index (χ2n) is 2.94. The number of benzene rings is 1. The van der Waals surface area contributed by atoms with Crippen LogP contribution in [0.15, 0.2) is 18.2 Å². The van der Waals surface area contributed by atoms with E-state index in [0.717, 1.165) is 0 Å². The molecule has 2 rings (SSSR count). The first-order valence-electron chi connectivity index (χ1n) is 4.06. The summed E-state index contributed by atoms with van der Waals surface area (Å²) >= 11 is 0. The maximum atomic E-state index is 13.1. The van der Waals surface area contributed by atoms with Crippen LogP contribution in [0.5, 0.6) is 5.75 Å². The number of nitrogens with two attached hydrogens (primary N) is 1. The summed E-state index contributed by atoms with van der Waals surface area (Å²) in [6.45, 7) is 1.02. The summed E-state index contributed by atoms with van der Waals surface area (Å²) < 4.78 is 23.3. The van der Waals surface area contributed by atoms with Gasteiger partial charge in [-0.3, -0.25) is 0 Å². The van der Waals surface area contributed by atoms with Crippen molar-refractivity contribution in [1.82, 2.24) is 0 Å². The van der Waals surface area contributed by atoms with Gasteiger partial charge >= 0.3 is 0 Å². The van der Waals surface area contributed by atoms with E-state index < -0.39 is 5.82 Å². The zero-order chi connectivity index (χ0) is 9.26. The Labute approximate surface area is 75.3 Å². The van der Waals surface area contributed by atoms with E-state index >= 15 is 0 Å². The fourth-order valence-corrected chi connectivity index (χ4v) is 1.10. The quantitative estimate of drug-likeness (QED) is 0.700. The number of nitrogen functional groups attached to an aromatic ring is 1. The molecule has 0 aromatic heterocycles. The summed E-state index contributed by atoms with van der Waals surface area (Å²) in [7, 11) is 0. The third-order valence-corrected chi connectivity index (χ3v) is 1.89. The molecule has 1 heterocycles. The number of ether oxygens (including phenoxy) is 2. The number of hydrogen-bond acceptors (Lipinski definition) is 3. The third kappa shape index (κ3) is 1.58. The molecule has 1 saturated heterocycles. The van der Waals surface area contributed by atoms with E-state index in [4.69, 9.17) is 15.2 Å². The molecule has 1 fully saturated rings. The number of para-hydroxylation sites is 1. The highest BCUT2D eigenvalue weighted by atomic mass is 19.1. The molecule has 1 aromatic carbocycles. The molecule has 0 saturated carbocycles. The average Bonchev–Trinajstić information content (AvgIpc) is 2.00. The predicted octanol–water partition coefficient (Wildman–Crippen LogP) is 1.19. The van der Waals surface area contributed by atoms with Crippen LogP contribution in [0.1, 0.15) is 0 Å². The van der Waals surface area contributed by atoms with E-state index in [1.54, 1.807) is 12.1 Å². The standard InChI is InChI=1S/C9H10FNO2/c10-7-2-1-3-8(11)9(7)13-6-4-12-5-6/h1-3,6H,4-5,11H2. The highest BCUT2D eigenvalue weighted by Gasteiger charge is 2.22. The van der Waals surface area contributed by atoms with Crippen LogP contribution in [-0.4, -0.2) is 19.3 Å². The van der Waals surface area contributed by atoms with Crippen molar-refractivity contribution in [3.05, 3.63) is 24.0 Å². The largest absolute Gasteiger partial charge is 0.480 e. The molecule has 0 aliphatic carbocycles. The minimum Gasteiger partial charge on any atom is -0.480 e. The molecule has 0 atom stereocenters. The number of halogens is 1. The van der Waals surface area contributed by atoms with Crippen molar-refractivity contribution in [3.63, 3.8) is 0 Å². The molecular formula is C9H10FNO2. The van der Waals surface area contributed by atoms with Crippen LogP contribution in [0.25, 0.3) is 0 Å². The molecule has 4 heteroatoms. The Balaban J connectivity index is 2.17. The monoisotopic (exact) mass is 183 g/mol. The molecule has 1 aromatic rings. The van der Waals surface area contributed by atoms with Gasteiger partial charge in [-0.2, -0.15) is 0 Å². The summed E-state index contributed by atoms with van der Waals surface area (Å²) in [4.78, 5) is 0. The molecule has 13 heavy (non-hydrogen) atoms. The molecule has 0 amide bonds. The lowest BCUT2D eigenvalue weighted by atomic mass is 10.2. The van der Waals surface area contributed by atoms with Gasteiger partial charge in [-0.1, -0.05) is 6.07 Å². The topological polar surface area (TPSA) is 44.5 Å². The van der Waals surface area contributed by atoms with Crippen molar-refractivity contribution in [2.24, 2.45) is 0 Å². The Morgan fingerprint density at radius 2 is 2.23 bits per heavy atom. The smallest absolute Gasteiger partial charge is 0.178 e. The van der Waals surface area contributed by atoms with Gasteiger partial charge in [0, 0.05) is 0 Å². The first-order valence-corrected chi connectivity index (χ1v) is 4.06. The van der Waals surface area contributed by atoms with Crippen LogP contribution in [-0.2, 0) is 4.74 Å². The van der Waals surface area contributed by atoms with E-state index in [-0.39, 0.29) is 11.9 Å². The van der Waals surface area contributed by atoms with E-state index in [9.17, 15) is 4.39 Å². The molecule has 70 valence electrons. The van der Waals surface area contributed by atoms with Gasteiger partial charge in [-0.15, -0.1) is 0 Å². The van der Waals surface area contributed by atoms with Gasteiger partial charge in [0.2, 0.25) is 0 Å². The van der Waals surface area contributed by atoms with Gasteiger partial charge < -0.3 is 15.2 Å². The van der Waals surface area contributed by atoms with Gasteiger partial charge in [-0.25, -0.2) is 4.39 Å². The zero-order valence-electron chi connectivity index (χ0n) is 7.00. The summed E-state index contributed by atoms with van der Waals surface area (Å²) in [6, 6.07) is 4.48. The molecule has 0 radical (unpaired) electrons. The molecule has 2 N–H and O–H groups in total. The van der Waals surface area contributed by atoms with E-state index in [1.807, 2.05) is 0 Å². The van der Waals surface area contributed by atoms with Crippen molar-refractivity contribution in [2.75, 3.05) is 18.9 Å². The Morgan fingerprint density at radius 3 is 2.77 bits per heavy atom. The molecule has 1 aliphatic heterocycles. The van der Waals surface area contributed by atoms with Crippen LogP contribution in [0, 0.1) is 5.82 Å². The Morgan fingerprint density at radius 1 is 1.46 bits per heavy atom. The fraction of sp³-hybridized carbons (Fsp3) is 0.333. The highest BCUT2D eigenvalue weighted by molar-refractivity contribution is 5.52. The van der Waals surface area contributed by atoms with Crippen molar-refractivity contribution in [2.45, 2.75) is 6.10 Å². The van der Waals surface area contributed by atoms with E-state index in [0.29, 0.717) is 18.9 Å². The first-order chi connectivity index (χ1) is 6.27. The minimum absolute atomic E-state index is 0.0563. The van der Waals surface area contributed by atoms with Crippen LogP contribution < -0.4 is 10.5 Å². The van der Waals surface area contributed by atoms with Crippen LogP contribution in [0.2, 0.25) is 0 Å². The SMILES string of the molecule is Nc1cccc(F)c1OC1COC1. The molecule has 1 aliphatic rings. The van der Waals surface area contributed by atoms with Crippen LogP contribution in [0.4, 0.5) is 10.1 Å². The molecule has 0 unspecified atom stereocenters. The second kappa shape index (κ2) is 3.22. The maximum absolute atomic E-state index is 13.1. The number of hydrogen-bond donors (Lipinski definition) is 1. The van der Waals surface area contributed by atoms with E-state index in [1.165, 1.54) is 6.07 Å². The van der Waals surface area contributed by atoms with Crippen molar-refractivity contribution in [1.29, 1.82) is 0 Å². The van der Waals surface area contributed by atoms with Crippen molar-refractivity contribution >= 4 is 5.69 Å². The fourth-order valence-electron chi connectivity index (χ4n) is 1.10. The first kappa shape index (κ1) is 8.31. The van der Waals surface area contributed by atoms with Gasteiger partial charge in [0.25, 0.3) is 0 Å². The van der Waals surface area contributed by atoms with Crippen molar-refractivity contribution < 1.29 is 13.9 Å². The summed E-state index contributed by atoms with van der Waals surface area (Å²) in [5.74, 6) is -0.289. The molecular weight excluding hydrogens is 173 g/mol. The Hall–Kier alpha value is -1.29. The lowest BCUT2D eigenvalue weighted by Gasteiger charge is -2.27. The van der Waals surface area contributed by atoms with Gasteiger partial charge in [0.15, 0.2) is 11.6 Å². The van der Waals surface area contributed by atoms with Gasteiger partial charge in [0.05, 0.1) is 18.9 Å². The predicted molar refractivity (Wildman–Crippen MR) is 46.0 cm³/mol. The second-order valence-corrected chi connectivity index (χ2v) is 2.94. The summed E-state index contributed by atoms with van der Waals surface area (Å²) in [5.41, 5.74) is 5.87. The minimum atomic E-state index is -0.424. The van der Waals surface area contributed by atoms with Crippen LogP contribution >= 0.6 is 0 Å². The highest BCUT2D eigenvalue weighted by Crippen LogP contribution is 2.26. The Bertz CT molecular complexity index is 292. The lowest BCUT2D eigenvalue weighted by Crippen LogP contribution is -2.38. The van der Waals surface area contributed by atoms with E-state index in [2.05, 4.69) is 0 Å². The van der Waals surface area contributed by atoms with Gasteiger partial charge in [-0.05, 0) is 12.1 Å². The van der Waals surface area contributed by atoms with Crippen LogP contribution in [0.3, 0.4) is 0 Å². The number of rotatable bonds is 2. The normalized spacial score (nSPS) is 16.7. The summed E-state index contributed by atoms with van der Waals surface area (Å²) in [5, 5.41) is 0.